The van der Waals surface area contributed by atoms with E-state index in [1.807, 2.05) is 54.6 Å². The number of rotatable bonds is 2. The molecule has 0 aliphatic rings. The quantitative estimate of drug-likeness (QED) is 0.670. The number of aromatic nitrogens is 3. The number of nitrogens with zero attached hydrogens (tertiary/aromatic N) is 3. The van der Waals surface area contributed by atoms with Crippen LogP contribution in [0, 0.1) is 0 Å². The minimum absolute atomic E-state index is 0.474. The van der Waals surface area contributed by atoms with E-state index in [0.717, 1.165) is 16.7 Å². The summed E-state index contributed by atoms with van der Waals surface area (Å²) in [5, 5.41) is 12.4. The standard InChI is InChI=1S/C13H9N3O/c1-2-6-10(7-3-1)17-13-11-8-4-5-9-12(11)14-16-15-13/h1-9H. The predicted octanol–water partition coefficient (Wildman–Crippen LogP) is 2.82. The molecule has 0 atom stereocenters. The van der Waals surface area contributed by atoms with Crippen molar-refractivity contribution in [2.24, 2.45) is 0 Å². The summed E-state index contributed by atoms with van der Waals surface area (Å²) in [4.78, 5) is 0. The maximum absolute atomic E-state index is 5.68. The molecule has 0 radical (unpaired) electrons. The maximum atomic E-state index is 5.68. The van der Waals surface area contributed by atoms with Crippen LogP contribution in [-0.2, 0) is 0 Å². The van der Waals surface area contributed by atoms with Crippen LogP contribution >= 0.6 is 0 Å². The summed E-state index contributed by atoms with van der Waals surface area (Å²) in [6.07, 6.45) is 0. The van der Waals surface area contributed by atoms with Crippen LogP contribution in [-0.4, -0.2) is 15.4 Å². The SMILES string of the molecule is c1ccc(Oc2nnnc3ccccc23)cc1. The second-order valence-corrected chi connectivity index (χ2v) is 3.53. The van der Waals surface area contributed by atoms with E-state index in [2.05, 4.69) is 15.4 Å². The lowest BCUT2D eigenvalue weighted by molar-refractivity contribution is 0.458. The highest BCUT2D eigenvalue weighted by Crippen LogP contribution is 2.25. The van der Waals surface area contributed by atoms with Gasteiger partial charge in [0.15, 0.2) is 0 Å². The smallest absolute Gasteiger partial charge is 0.250 e. The van der Waals surface area contributed by atoms with Gasteiger partial charge in [0.05, 0.1) is 5.39 Å². The zero-order chi connectivity index (χ0) is 11.5. The Balaban J connectivity index is 2.06. The van der Waals surface area contributed by atoms with Gasteiger partial charge >= 0.3 is 0 Å². The zero-order valence-corrected chi connectivity index (χ0v) is 8.95. The predicted molar refractivity (Wildman–Crippen MR) is 63.8 cm³/mol. The van der Waals surface area contributed by atoms with Crippen molar-refractivity contribution in [3.05, 3.63) is 54.6 Å². The highest BCUT2D eigenvalue weighted by Gasteiger charge is 2.05. The van der Waals surface area contributed by atoms with Crippen molar-refractivity contribution < 1.29 is 4.74 Å². The molecular weight excluding hydrogens is 214 g/mol. The van der Waals surface area contributed by atoms with Crippen molar-refractivity contribution in [3.63, 3.8) is 0 Å². The molecule has 4 heteroatoms. The maximum Gasteiger partial charge on any atom is 0.250 e. The van der Waals surface area contributed by atoms with E-state index in [9.17, 15) is 0 Å². The number of fused-ring (bicyclic) bond motifs is 1. The first kappa shape index (κ1) is 9.72. The molecule has 0 saturated heterocycles. The molecule has 3 aromatic rings. The van der Waals surface area contributed by atoms with Crippen molar-refractivity contribution in [1.82, 2.24) is 15.4 Å². The average molecular weight is 223 g/mol. The second kappa shape index (κ2) is 4.17. The van der Waals surface area contributed by atoms with Crippen molar-refractivity contribution in [3.8, 4) is 11.6 Å². The number of benzene rings is 2. The lowest BCUT2D eigenvalue weighted by atomic mass is 10.2. The van der Waals surface area contributed by atoms with Crippen LogP contribution in [0.25, 0.3) is 10.9 Å². The van der Waals surface area contributed by atoms with Gasteiger partial charge in [-0.1, -0.05) is 35.4 Å². The van der Waals surface area contributed by atoms with Gasteiger partial charge in [-0.2, -0.15) is 0 Å². The first-order chi connectivity index (χ1) is 8.43. The van der Waals surface area contributed by atoms with E-state index in [1.54, 1.807) is 0 Å². The third kappa shape index (κ3) is 1.92. The van der Waals surface area contributed by atoms with E-state index in [-0.39, 0.29) is 0 Å². The summed E-state index contributed by atoms with van der Waals surface area (Å²) in [7, 11) is 0. The van der Waals surface area contributed by atoms with Gasteiger partial charge < -0.3 is 4.74 Å². The Morgan fingerprint density at radius 3 is 2.41 bits per heavy atom. The molecule has 0 aliphatic heterocycles. The molecule has 82 valence electrons. The van der Waals surface area contributed by atoms with Gasteiger partial charge in [-0.25, -0.2) is 0 Å². The van der Waals surface area contributed by atoms with Gasteiger partial charge in [-0.3, -0.25) is 0 Å². The van der Waals surface area contributed by atoms with Crippen molar-refractivity contribution in [1.29, 1.82) is 0 Å². The Bertz CT molecular complexity index is 635. The normalized spacial score (nSPS) is 10.4. The van der Waals surface area contributed by atoms with Crippen LogP contribution in [0.3, 0.4) is 0 Å². The first-order valence-electron chi connectivity index (χ1n) is 5.24. The Labute approximate surface area is 97.9 Å². The van der Waals surface area contributed by atoms with Gasteiger partial charge in [-0.15, -0.1) is 5.10 Å². The minimum Gasteiger partial charge on any atom is -0.437 e. The Morgan fingerprint density at radius 2 is 1.53 bits per heavy atom. The van der Waals surface area contributed by atoms with Gasteiger partial charge in [0.2, 0.25) is 5.88 Å². The topological polar surface area (TPSA) is 47.9 Å². The summed E-state index contributed by atoms with van der Waals surface area (Å²) >= 11 is 0. The van der Waals surface area contributed by atoms with Gasteiger partial charge in [0.25, 0.3) is 0 Å². The molecule has 0 aliphatic carbocycles. The first-order valence-corrected chi connectivity index (χ1v) is 5.24. The highest BCUT2D eigenvalue weighted by atomic mass is 16.5. The molecule has 17 heavy (non-hydrogen) atoms. The number of hydrogen-bond donors (Lipinski definition) is 0. The molecule has 0 saturated carbocycles. The lowest BCUT2D eigenvalue weighted by Gasteiger charge is -2.05. The van der Waals surface area contributed by atoms with Crippen LogP contribution in [0.2, 0.25) is 0 Å². The van der Waals surface area contributed by atoms with E-state index in [4.69, 9.17) is 4.74 Å². The highest BCUT2D eigenvalue weighted by molar-refractivity contribution is 5.82. The third-order valence-electron chi connectivity index (χ3n) is 2.38. The van der Waals surface area contributed by atoms with Gasteiger partial charge in [0.1, 0.15) is 11.3 Å². The number of hydrogen-bond acceptors (Lipinski definition) is 4. The fraction of sp³-hybridized carbons (Fsp3) is 0. The van der Waals surface area contributed by atoms with Crippen molar-refractivity contribution in [2.75, 3.05) is 0 Å². The minimum atomic E-state index is 0.474. The van der Waals surface area contributed by atoms with E-state index in [1.165, 1.54) is 0 Å². The van der Waals surface area contributed by atoms with Crippen LogP contribution in [0.15, 0.2) is 54.6 Å². The molecular formula is C13H9N3O. The van der Waals surface area contributed by atoms with Crippen LogP contribution in [0.4, 0.5) is 0 Å². The molecule has 0 spiro atoms. The fourth-order valence-electron chi connectivity index (χ4n) is 1.58. The fourth-order valence-corrected chi connectivity index (χ4v) is 1.58. The zero-order valence-electron chi connectivity index (χ0n) is 8.95. The molecule has 1 heterocycles. The van der Waals surface area contributed by atoms with Gasteiger partial charge in [-0.05, 0) is 29.5 Å². The molecule has 1 aromatic heterocycles. The number of para-hydroxylation sites is 1. The molecule has 3 rings (SSSR count). The Morgan fingerprint density at radius 1 is 0.765 bits per heavy atom. The van der Waals surface area contributed by atoms with Gasteiger partial charge in [0, 0.05) is 0 Å². The van der Waals surface area contributed by atoms with Crippen LogP contribution < -0.4 is 4.74 Å². The molecule has 0 unspecified atom stereocenters. The van der Waals surface area contributed by atoms with E-state index in [0.29, 0.717) is 5.88 Å². The number of ether oxygens (including phenoxy) is 1. The molecule has 2 aromatic carbocycles. The third-order valence-corrected chi connectivity index (χ3v) is 2.38. The molecule has 0 fully saturated rings. The average Bonchev–Trinajstić information content (AvgIpc) is 2.40. The Kier molecular flexibility index (Phi) is 2.38. The monoisotopic (exact) mass is 223 g/mol. The summed E-state index contributed by atoms with van der Waals surface area (Å²) in [5.41, 5.74) is 0.772. The van der Waals surface area contributed by atoms with Crippen molar-refractivity contribution >= 4 is 10.9 Å². The van der Waals surface area contributed by atoms with E-state index >= 15 is 0 Å². The van der Waals surface area contributed by atoms with E-state index < -0.39 is 0 Å². The molecule has 4 nitrogen and oxygen atoms in total. The Hall–Kier alpha value is -2.49. The summed E-state index contributed by atoms with van der Waals surface area (Å²) in [5.74, 6) is 1.21. The summed E-state index contributed by atoms with van der Waals surface area (Å²) < 4.78 is 5.68. The van der Waals surface area contributed by atoms with Crippen molar-refractivity contribution in [2.45, 2.75) is 0 Å². The summed E-state index contributed by atoms with van der Waals surface area (Å²) in [6.45, 7) is 0. The molecule has 0 N–H and O–H groups in total. The second-order valence-electron chi connectivity index (χ2n) is 3.53. The summed E-state index contributed by atoms with van der Waals surface area (Å²) in [6, 6.07) is 17.1. The van der Waals surface area contributed by atoms with Crippen LogP contribution in [0.5, 0.6) is 11.6 Å². The lowest BCUT2D eigenvalue weighted by Crippen LogP contribution is -1.94. The molecule has 0 amide bonds. The largest absolute Gasteiger partial charge is 0.437 e. The van der Waals surface area contributed by atoms with Crippen LogP contribution in [0.1, 0.15) is 0 Å². The molecule has 0 bridgehead atoms.